The van der Waals surface area contributed by atoms with Crippen molar-refractivity contribution in [2.75, 3.05) is 14.1 Å². The maximum Gasteiger partial charge on any atom is 0.338 e. The predicted octanol–water partition coefficient (Wildman–Crippen LogP) is 3.79. The molecule has 0 aromatic carbocycles. The zero-order chi connectivity index (χ0) is 26.1. The lowest BCUT2D eigenvalue weighted by molar-refractivity contribution is -0.162. The van der Waals surface area contributed by atoms with Crippen molar-refractivity contribution in [3.8, 4) is 0 Å². The molecule has 0 aromatic heterocycles. The van der Waals surface area contributed by atoms with E-state index in [-0.39, 0.29) is 18.2 Å². The molecule has 0 aromatic rings. The van der Waals surface area contributed by atoms with Crippen LogP contribution in [0, 0.1) is 11.3 Å². The monoisotopic (exact) mass is 484 g/mol. The van der Waals surface area contributed by atoms with Crippen LogP contribution < -0.4 is 5.32 Å². The van der Waals surface area contributed by atoms with E-state index in [0.29, 0.717) is 6.42 Å². The molecular formula is C26H48N2O6. The number of nitrogens with one attached hydrogen (secondary N) is 1. The summed E-state index contributed by atoms with van der Waals surface area (Å²) in [6, 6.07) is -0.675. The molecule has 0 saturated carbocycles. The number of carbonyl (C=O) groups is 3. The van der Waals surface area contributed by atoms with Gasteiger partial charge in [0.1, 0.15) is 0 Å². The Hall–Kier alpha value is -1.67. The van der Waals surface area contributed by atoms with Crippen molar-refractivity contribution in [3.05, 3.63) is 0 Å². The third-order valence-corrected chi connectivity index (χ3v) is 6.31. The van der Waals surface area contributed by atoms with Crippen LogP contribution in [0.3, 0.4) is 0 Å². The lowest BCUT2D eigenvalue weighted by Gasteiger charge is -2.36. The minimum absolute atomic E-state index is 0.105. The van der Waals surface area contributed by atoms with E-state index in [0.717, 1.165) is 25.7 Å². The molecule has 34 heavy (non-hydrogen) atoms. The first kappa shape index (κ1) is 30.4. The van der Waals surface area contributed by atoms with Crippen LogP contribution in [0.25, 0.3) is 0 Å². The number of esters is 1. The molecule has 0 radical (unpaired) electrons. The number of ether oxygens (including phenoxy) is 2. The summed E-state index contributed by atoms with van der Waals surface area (Å²) in [4.78, 5) is 39.6. The van der Waals surface area contributed by atoms with E-state index >= 15 is 0 Å². The minimum atomic E-state index is -1.08. The quantitative estimate of drug-likeness (QED) is 0.287. The summed E-state index contributed by atoms with van der Waals surface area (Å²) >= 11 is 0. The summed E-state index contributed by atoms with van der Waals surface area (Å²) in [5, 5.41) is 13.8. The highest BCUT2D eigenvalue weighted by Crippen LogP contribution is 2.32. The van der Waals surface area contributed by atoms with Crippen molar-refractivity contribution < 1.29 is 29.0 Å². The number of amides is 2. The number of hydrogen-bond acceptors (Lipinski definition) is 6. The van der Waals surface area contributed by atoms with Gasteiger partial charge in [0.2, 0.25) is 17.6 Å². The molecule has 1 fully saturated rings. The van der Waals surface area contributed by atoms with Crippen LogP contribution in [0.5, 0.6) is 0 Å². The van der Waals surface area contributed by atoms with Crippen molar-refractivity contribution in [1.29, 1.82) is 0 Å². The van der Waals surface area contributed by atoms with Gasteiger partial charge in [0.15, 0.2) is 6.10 Å². The van der Waals surface area contributed by atoms with Gasteiger partial charge in [0, 0.05) is 27.9 Å². The molecule has 198 valence electrons. The Morgan fingerprint density at radius 3 is 2.12 bits per heavy atom. The molecule has 2 amide bonds. The van der Waals surface area contributed by atoms with E-state index in [1.807, 2.05) is 20.8 Å². The van der Waals surface area contributed by atoms with E-state index in [4.69, 9.17) is 9.47 Å². The van der Waals surface area contributed by atoms with Crippen LogP contribution in [-0.2, 0) is 23.9 Å². The van der Waals surface area contributed by atoms with E-state index in [1.54, 1.807) is 27.9 Å². The van der Waals surface area contributed by atoms with Gasteiger partial charge >= 0.3 is 5.97 Å². The van der Waals surface area contributed by atoms with Crippen LogP contribution in [0.2, 0.25) is 0 Å². The lowest BCUT2D eigenvalue weighted by Crippen LogP contribution is -2.55. The molecule has 2 N–H and O–H groups in total. The number of aliphatic hydroxyl groups excluding tert-OH is 1. The fourth-order valence-electron chi connectivity index (χ4n) is 4.30. The van der Waals surface area contributed by atoms with Crippen molar-refractivity contribution in [2.45, 2.75) is 123 Å². The van der Waals surface area contributed by atoms with E-state index < -0.39 is 41.3 Å². The van der Waals surface area contributed by atoms with Gasteiger partial charge in [-0.3, -0.25) is 9.59 Å². The lowest BCUT2D eigenvalue weighted by atomic mass is 9.81. The fourth-order valence-corrected chi connectivity index (χ4v) is 4.30. The molecule has 1 rings (SSSR count). The summed E-state index contributed by atoms with van der Waals surface area (Å²) in [5.74, 6) is -2.93. The molecule has 0 spiro atoms. The summed E-state index contributed by atoms with van der Waals surface area (Å²) < 4.78 is 11.1. The third kappa shape index (κ3) is 9.90. The number of unbranched alkanes of at least 4 members (excludes halogenated alkanes) is 6. The van der Waals surface area contributed by atoms with E-state index in [2.05, 4.69) is 12.2 Å². The van der Waals surface area contributed by atoms with Crippen LogP contribution in [0.15, 0.2) is 0 Å². The largest absolute Gasteiger partial charge is 0.432 e. The third-order valence-electron chi connectivity index (χ3n) is 6.31. The van der Waals surface area contributed by atoms with Gasteiger partial charge in [-0.25, -0.2) is 4.79 Å². The van der Waals surface area contributed by atoms with Crippen LogP contribution in [0.1, 0.15) is 99.3 Å². The van der Waals surface area contributed by atoms with Gasteiger partial charge in [-0.1, -0.05) is 72.6 Å². The summed E-state index contributed by atoms with van der Waals surface area (Å²) in [5.41, 5.74) is -0.512. The molecule has 0 unspecified atom stereocenters. The van der Waals surface area contributed by atoms with Crippen molar-refractivity contribution in [3.63, 3.8) is 0 Å². The normalized spacial score (nSPS) is 20.4. The van der Waals surface area contributed by atoms with Gasteiger partial charge in [0.05, 0.1) is 24.5 Å². The highest BCUT2D eigenvalue weighted by Gasteiger charge is 2.48. The SMILES string of the molecule is CCCCCCCCC[C@@H](C(=O)N[C@H]([C@H](O)CC(=O)N(C)C)C(C)(C)C)[C@@H]1OC(C)(C)OC1=O. The smallest absolute Gasteiger partial charge is 0.338 e. The second-order valence-corrected chi connectivity index (χ2v) is 11.3. The van der Waals surface area contributed by atoms with Gasteiger partial charge in [-0.05, 0) is 11.8 Å². The Labute approximate surface area is 206 Å². The van der Waals surface area contributed by atoms with Gasteiger partial charge in [0.25, 0.3) is 0 Å². The number of aliphatic hydroxyl groups is 1. The predicted molar refractivity (Wildman–Crippen MR) is 132 cm³/mol. The molecule has 1 aliphatic rings. The molecule has 0 aliphatic carbocycles. The average Bonchev–Trinajstić information content (AvgIpc) is 2.98. The Morgan fingerprint density at radius 2 is 1.65 bits per heavy atom. The Bertz CT molecular complexity index is 671. The van der Waals surface area contributed by atoms with Crippen LogP contribution in [-0.4, -0.2) is 65.9 Å². The maximum atomic E-state index is 13.5. The number of carbonyl (C=O) groups excluding carboxylic acids is 3. The van der Waals surface area contributed by atoms with Gasteiger partial charge < -0.3 is 24.8 Å². The van der Waals surface area contributed by atoms with Crippen molar-refractivity contribution in [1.82, 2.24) is 10.2 Å². The van der Waals surface area contributed by atoms with E-state index in [1.165, 1.54) is 24.2 Å². The molecular weight excluding hydrogens is 436 g/mol. The summed E-state index contributed by atoms with van der Waals surface area (Å²) in [6.07, 6.45) is 5.98. The van der Waals surface area contributed by atoms with Crippen LogP contribution >= 0.6 is 0 Å². The fraction of sp³-hybridized carbons (Fsp3) is 0.885. The van der Waals surface area contributed by atoms with Crippen molar-refractivity contribution >= 4 is 17.8 Å². The second-order valence-electron chi connectivity index (χ2n) is 11.3. The Morgan fingerprint density at radius 1 is 1.09 bits per heavy atom. The Balaban J connectivity index is 2.94. The maximum absolute atomic E-state index is 13.5. The zero-order valence-corrected chi connectivity index (χ0v) is 22.6. The molecule has 8 heteroatoms. The zero-order valence-electron chi connectivity index (χ0n) is 22.6. The standard InChI is InChI=1S/C26H48N2O6/c1-9-10-11-12-13-14-15-16-18(21-24(32)34-26(5,6)33-21)23(31)27-22(25(2,3)4)19(29)17-20(30)28(7)8/h18-19,21-22,29H,9-17H2,1-8H3,(H,27,31)/t18-,19-,21+,22-/m1/s1. The first-order valence-electron chi connectivity index (χ1n) is 12.8. The summed E-state index contributed by atoms with van der Waals surface area (Å²) in [7, 11) is 3.26. The molecule has 0 bridgehead atoms. The molecule has 4 atom stereocenters. The van der Waals surface area contributed by atoms with Crippen LogP contribution in [0.4, 0.5) is 0 Å². The second kappa shape index (κ2) is 13.4. The minimum Gasteiger partial charge on any atom is -0.432 e. The molecule has 1 aliphatic heterocycles. The first-order valence-corrected chi connectivity index (χ1v) is 12.8. The first-order chi connectivity index (χ1) is 15.7. The highest BCUT2D eigenvalue weighted by molar-refractivity contribution is 5.88. The highest BCUT2D eigenvalue weighted by atomic mass is 16.8. The molecule has 1 heterocycles. The van der Waals surface area contributed by atoms with Gasteiger partial charge in [-0.2, -0.15) is 0 Å². The molecule has 1 saturated heterocycles. The average molecular weight is 485 g/mol. The van der Waals surface area contributed by atoms with Gasteiger partial charge in [-0.15, -0.1) is 0 Å². The van der Waals surface area contributed by atoms with E-state index in [9.17, 15) is 19.5 Å². The summed E-state index contributed by atoms with van der Waals surface area (Å²) in [6.45, 7) is 11.2. The van der Waals surface area contributed by atoms with Crippen molar-refractivity contribution in [2.24, 2.45) is 11.3 Å². The number of hydrogen-bond donors (Lipinski definition) is 2. The Kier molecular flexibility index (Phi) is 12.0. The number of nitrogens with zero attached hydrogens (tertiary/aromatic N) is 1. The number of cyclic esters (lactones) is 1. The topological polar surface area (TPSA) is 105 Å². The number of rotatable bonds is 14. The molecule has 8 nitrogen and oxygen atoms in total.